The van der Waals surface area contributed by atoms with Crippen LogP contribution in [0.5, 0.6) is 0 Å². The van der Waals surface area contributed by atoms with E-state index < -0.39 is 57.2 Å². The zero-order valence-corrected chi connectivity index (χ0v) is 17.1. The molecule has 10 nitrogen and oxygen atoms in total. The SMILES string of the molecule is COC1OC2COC(c3ccccc3)O[C@@H]2[C@@H](OS(C)(=O)=O)[C@@H]1OS(C)(=O)=O. The lowest BCUT2D eigenvalue weighted by Gasteiger charge is -2.47. The van der Waals surface area contributed by atoms with Gasteiger partial charge in [0.2, 0.25) is 0 Å². The summed E-state index contributed by atoms with van der Waals surface area (Å²) in [5, 5.41) is 0. The first-order valence-electron chi connectivity index (χ1n) is 8.34. The first kappa shape index (κ1) is 21.6. The van der Waals surface area contributed by atoms with Gasteiger partial charge in [0, 0.05) is 12.7 Å². The Bertz CT molecular complexity index is 870. The van der Waals surface area contributed by atoms with Crippen LogP contribution in [0.3, 0.4) is 0 Å². The molecule has 0 radical (unpaired) electrons. The molecule has 1 aromatic rings. The molecular formula is C16H22O10S2. The van der Waals surface area contributed by atoms with Crippen LogP contribution in [0.4, 0.5) is 0 Å². The van der Waals surface area contributed by atoms with Crippen molar-refractivity contribution in [1.82, 2.24) is 0 Å². The van der Waals surface area contributed by atoms with Gasteiger partial charge in [-0.15, -0.1) is 0 Å². The lowest BCUT2D eigenvalue weighted by atomic mass is 9.98. The van der Waals surface area contributed by atoms with Crippen molar-refractivity contribution in [3.05, 3.63) is 35.9 Å². The highest BCUT2D eigenvalue weighted by Gasteiger charge is 2.54. The molecule has 1 aromatic carbocycles. The van der Waals surface area contributed by atoms with E-state index in [0.717, 1.165) is 12.5 Å². The number of methoxy groups -OCH3 is 1. The molecular weight excluding hydrogens is 416 g/mol. The van der Waals surface area contributed by atoms with E-state index in [2.05, 4.69) is 0 Å². The third kappa shape index (κ3) is 5.27. The van der Waals surface area contributed by atoms with Crippen LogP contribution in [0, 0.1) is 0 Å². The largest absolute Gasteiger partial charge is 0.353 e. The minimum absolute atomic E-state index is 0.0549. The Morgan fingerprint density at radius 2 is 1.54 bits per heavy atom. The van der Waals surface area contributed by atoms with Crippen molar-refractivity contribution in [3.8, 4) is 0 Å². The van der Waals surface area contributed by atoms with Gasteiger partial charge in [-0.05, 0) is 0 Å². The Labute approximate surface area is 163 Å². The normalized spacial score (nSPS) is 34.0. The molecule has 2 fully saturated rings. The van der Waals surface area contributed by atoms with Gasteiger partial charge in [0.05, 0.1) is 19.1 Å². The molecule has 6 atom stereocenters. The van der Waals surface area contributed by atoms with E-state index in [1.165, 1.54) is 7.11 Å². The van der Waals surface area contributed by atoms with Crippen molar-refractivity contribution in [2.75, 3.05) is 26.2 Å². The van der Waals surface area contributed by atoms with Crippen molar-refractivity contribution < 1.29 is 44.1 Å². The topological polar surface area (TPSA) is 124 Å². The molecule has 28 heavy (non-hydrogen) atoms. The molecule has 2 heterocycles. The molecule has 2 aliphatic heterocycles. The Morgan fingerprint density at radius 3 is 2.11 bits per heavy atom. The molecule has 0 saturated carbocycles. The molecule has 3 rings (SSSR count). The monoisotopic (exact) mass is 438 g/mol. The van der Waals surface area contributed by atoms with Gasteiger partial charge in [-0.25, -0.2) is 0 Å². The summed E-state index contributed by atoms with van der Waals surface area (Å²) in [6, 6.07) is 8.99. The summed E-state index contributed by atoms with van der Waals surface area (Å²) >= 11 is 0. The van der Waals surface area contributed by atoms with Gasteiger partial charge < -0.3 is 18.9 Å². The number of rotatable bonds is 6. The van der Waals surface area contributed by atoms with Crippen LogP contribution in [0.1, 0.15) is 11.9 Å². The second-order valence-corrected chi connectivity index (χ2v) is 9.69. The quantitative estimate of drug-likeness (QED) is 0.567. The predicted molar refractivity (Wildman–Crippen MR) is 95.1 cm³/mol. The van der Waals surface area contributed by atoms with Crippen LogP contribution in [0.25, 0.3) is 0 Å². The Hall–Kier alpha value is -1.12. The van der Waals surface area contributed by atoms with Crippen LogP contribution in [-0.2, 0) is 47.5 Å². The number of ether oxygens (including phenoxy) is 4. The molecule has 2 aliphatic rings. The molecule has 12 heteroatoms. The molecule has 0 aromatic heterocycles. The number of benzene rings is 1. The third-order valence-electron chi connectivity index (χ3n) is 4.16. The van der Waals surface area contributed by atoms with Gasteiger partial charge in [0.25, 0.3) is 20.2 Å². The van der Waals surface area contributed by atoms with Crippen molar-refractivity contribution >= 4 is 20.2 Å². The second-order valence-electron chi connectivity index (χ2n) is 6.49. The number of hydrogen-bond acceptors (Lipinski definition) is 10. The highest BCUT2D eigenvalue weighted by Crippen LogP contribution is 2.37. The van der Waals surface area contributed by atoms with Crippen LogP contribution in [-0.4, -0.2) is 73.8 Å². The molecule has 3 unspecified atom stereocenters. The van der Waals surface area contributed by atoms with E-state index in [9.17, 15) is 16.8 Å². The van der Waals surface area contributed by atoms with Crippen LogP contribution >= 0.6 is 0 Å². The predicted octanol–water partition coefficient (Wildman–Crippen LogP) is 0.162. The Balaban J connectivity index is 1.93. The third-order valence-corrected chi connectivity index (χ3v) is 5.30. The van der Waals surface area contributed by atoms with Gasteiger partial charge in [-0.1, -0.05) is 30.3 Å². The standard InChI is InChI=1S/C16H22O10S2/c1-21-16-14(26-28(3,19)20)13(25-27(2,17)18)12-11(23-16)9-22-15(24-12)10-7-5-4-6-8-10/h4-8,11-16H,9H2,1-3H3/t11?,12-,13+,14-,15?,16?/m0/s1. The minimum atomic E-state index is -3.98. The van der Waals surface area contributed by atoms with E-state index in [-0.39, 0.29) is 6.61 Å². The Kier molecular flexibility index (Phi) is 6.41. The maximum absolute atomic E-state index is 11.8. The fraction of sp³-hybridized carbons (Fsp3) is 0.625. The smallest absolute Gasteiger partial charge is 0.264 e. The lowest BCUT2D eigenvalue weighted by Crippen LogP contribution is -2.64. The van der Waals surface area contributed by atoms with Gasteiger partial charge in [-0.3, -0.25) is 8.37 Å². The molecule has 0 N–H and O–H groups in total. The minimum Gasteiger partial charge on any atom is -0.353 e. The average Bonchev–Trinajstić information content (AvgIpc) is 2.61. The van der Waals surface area contributed by atoms with Crippen molar-refractivity contribution in [2.24, 2.45) is 0 Å². The first-order chi connectivity index (χ1) is 13.1. The van der Waals surface area contributed by atoms with E-state index in [1.54, 1.807) is 24.3 Å². The van der Waals surface area contributed by atoms with Gasteiger partial charge in [0.1, 0.15) is 18.3 Å². The molecule has 158 valence electrons. The van der Waals surface area contributed by atoms with Crippen LogP contribution < -0.4 is 0 Å². The molecule has 0 spiro atoms. The second kappa shape index (κ2) is 8.32. The van der Waals surface area contributed by atoms with E-state index in [4.69, 9.17) is 27.3 Å². The number of hydrogen-bond donors (Lipinski definition) is 0. The summed E-state index contributed by atoms with van der Waals surface area (Å²) in [5.74, 6) is 0. The summed E-state index contributed by atoms with van der Waals surface area (Å²) in [4.78, 5) is 0. The van der Waals surface area contributed by atoms with E-state index >= 15 is 0 Å². The average molecular weight is 438 g/mol. The first-order valence-corrected chi connectivity index (χ1v) is 12.0. The van der Waals surface area contributed by atoms with Gasteiger partial charge >= 0.3 is 0 Å². The highest BCUT2D eigenvalue weighted by molar-refractivity contribution is 7.86. The molecule has 2 saturated heterocycles. The number of fused-ring (bicyclic) bond motifs is 1. The summed E-state index contributed by atoms with van der Waals surface area (Å²) in [6.07, 6.45) is -4.79. The molecule has 0 amide bonds. The van der Waals surface area contributed by atoms with Crippen LogP contribution in [0.2, 0.25) is 0 Å². The van der Waals surface area contributed by atoms with Crippen LogP contribution in [0.15, 0.2) is 30.3 Å². The molecule has 0 aliphatic carbocycles. The Morgan fingerprint density at radius 1 is 0.929 bits per heavy atom. The van der Waals surface area contributed by atoms with Crippen molar-refractivity contribution in [3.63, 3.8) is 0 Å². The zero-order valence-electron chi connectivity index (χ0n) is 15.5. The van der Waals surface area contributed by atoms with Gasteiger partial charge in [0.15, 0.2) is 18.7 Å². The summed E-state index contributed by atoms with van der Waals surface area (Å²) in [5.41, 5.74) is 0.702. The fourth-order valence-electron chi connectivity index (χ4n) is 3.13. The highest BCUT2D eigenvalue weighted by atomic mass is 32.2. The van der Waals surface area contributed by atoms with E-state index in [1.807, 2.05) is 6.07 Å². The summed E-state index contributed by atoms with van der Waals surface area (Å²) in [7, 11) is -6.69. The van der Waals surface area contributed by atoms with Crippen molar-refractivity contribution in [2.45, 2.75) is 37.0 Å². The maximum Gasteiger partial charge on any atom is 0.264 e. The van der Waals surface area contributed by atoms with Crippen molar-refractivity contribution in [1.29, 1.82) is 0 Å². The maximum atomic E-state index is 11.8. The fourth-order valence-corrected chi connectivity index (χ4v) is 4.36. The molecule has 0 bridgehead atoms. The summed E-state index contributed by atoms with van der Waals surface area (Å²) < 4.78 is 79.7. The van der Waals surface area contributed by atoms with E-state index in [0.29, 0.717) is 5.56 Å². The lowest BCUT2D eigenvalue weighted by molar-refractivity contribution is -0.351. The zero-order chi connectivity index (χ0) is 20.5. The summed E-state index contributed by atoms with van der Waals surface area (Å²) in [6.45, 7) is 0.0549. The van der Waals surface area contributed by atoms with Gasteiger partial charge in [-0.2, -0.15) is 16.8 Å².